The zero-order valence-electron chi connectivity index (χ0n) is 43.2. The van der Waals surface area contributed by atoms with Crippen LogP contribution in [0.1, 0.15) is 110 Å². The number of cyclic esters (lactones) is 1. The molecule has 394 valence electrons. The van der Waals surface area contributed by atoms with Crippen LogP contribution in [0.15, 0.2) is 29.2 Å². The first kappa shape index (κ1) is 56.7. The largest absolute Gasteiger partial charge is 0.509 e. The quantitative estimate of drug-likeness (QED) is 0.147. The number of ether oxygens (including phenoxy) is 8. The zero-order chi connectivity index (χ0) is 52.1. The number of esters is 1. The fraction of sp³-hybridized carbons (Fsp3) is 0.740. The molecule has 5 rings (SSSR count). The van der Waals surface area contributed by atoms with E-state index in [1.54, 1.807) is 84.8 Å². The van der Waals surface area contributed by atoms with Gasteiger partial charge in [0.1, 0.15) is 23.6 Å². The number of carboxylic acid groups (broad SMARTS) is 1. The predicted octanol–water partition coefficient (Wildman–Crippen LogP) is 5.07. The first-order chi connectivity index (χ1) is 32.7. The van der Waals surface area contributed by atoms with Crippen molar-refractivity contribution in [1.29, 1.82) is 0 Å². The highest BCUT2D eigenvalue weighted by atomic mass is 32.2. The summed E-state index contributed by atoms with van der Waals surface area (Å²) in [6, 6.07) is 5.40. The van der Waals surface area contributed by atoms with E-state index in [4.69, 9.17) is 37.9 Å². The smallest absolute Gasteiger partial charge is 0.477 e. The summed E-state index contributed by atoms with van der Waals surface area (Å²) in [5.74, 6) is -4.80. The number of nitrogens with zero attached hydrogens (tertiary/aromatic N) is 2. The third kappa shape index (κ3) is 12.9. The van der Waals surface area contributed by atoms with Crippen molar-refractivity contribution in [3.63, 3.8) is 0 Å². The number of methoxy groups -OCH3 is 2. The number of hydrogen-bond donors (Lipinski definition) is 2. The monoisotopic (exact) mass is 1010 g/mol. The number of ketones is 1. The van der Waals surface area contributed by atoms with Gasteiger partial charge in [0.05, 0.1) is 58.9 Å². The molecule has 1 aromatic carbocycles. The summed E-state index contributed by atoms with van der Waals surface area (Å²) in [6.45, 7) is 16.8. The molecule has 70 heavy (non-hydrogen) atoms. The first-order valence-corrected chi connectivity index (χ1v) is 26.2. The van der Waals surface area contributed by atoms with Gasteiger partial charge in [0, 0.05) is 58.8 Å². The van der Waals surface area contributed by atoms with Crippen molar-refractivity contribution < 1.29 is 70.6 Å². The molecule has 0 spiro atoms. The third-order valence-electron chi connectivity index (χ3n) is 14.7. The second kappa shape index (κ2) is 23.1. The summed E-state index contributed by atoms with van der Waals surface area (Å²) in [6.07, 6.45) is -2.11. The first-order valence-electron chi connectivity index (χ1n) is 24.4. The van der Waals surface area contributed by atoms with Crippen molar-refractivity contribution in [3.05, 3.63) is 45.7 Å². The van der Waals surface area contributed by atoms with Crippen molar-refractivity contribution >= 4 is 44.6 Å². The number of Topliss-reactive ketones (excluding diaryl/α,β-unsaturated/α-hetero) is 1. The number of aryl methyl sites for hydroxylation is 1. The average Bonchev–Trinajstić information content (AvgIpc) is 3.61. The molecule has 0 amide bonds. The van der Waals surface area contributed by atoms with E-state index < -0.39 is 105 Å². The normalized spacial score (nSPS) is 33.5. The Morgan fingerprint density at radius 2 is 1.64 bits per heavy atom. The zero-order valence-corrected chi connectivity index (χ0v) is 44.1. The van der Waals surface area contributed by atoms with Crippen molar-refractivity contribution in [3.8, 4) is 0 Å². The highest BCUT2D eigenvalue weighted by molar-refractivity contribution is 7.91. The van der Waals surface area contributed by atoms with Gasteiger partial charge < -0.3 is 53.3 Å². The number of rotatable bonds is 18. The SMILES string of the molecule is CC[C@H]1OC(=O)[C@H](C)[C@@H](O[C@H]2C[C@@](C)(OC)[C@@H](OCCS(=O)(=O)CCNCCCc3ccc4c(c3)c(=O)c(C(=O)O)cn4N(C)C)[C@H](C)O2)[C@H](C)C[C@](C)(OC)C[C@@H](C)C(=O)[C@@H](C)[C@H]2OC(=O)O[C@@]21C. The Kier molecular flexibility index (Phi) is 18.8. The predicted molar refractivity (Wildman–Crippen MR) is 260 cm³/mol. The maximum atomic E-state index is 14.2. The van der Waals surface area contributed by atoms with E-state index in [2.05, 4.69) is 5.32 Å². The van der Waals surface area contributed by atoms with Gasteiger partial charge in [0.2, 0.25) is 5.43 Å². The van der Waals surface area contributed by atoms with Crippen LogP contribution < -0.4 is 15.8 Å². The number of fused-ring (bicyclic) bond motifs is 2. The molecule has 4 heterocycles. The van der Waals surface area contributed by atoms with E-state index in [1.165, 1.54) is 6.20 Å². The molecule has 3 aliphatic heterocycles. The van der Waals surface area contributed by atoms with E-state index in [0.717, 1.165) is 5.56 Å². The summed E-state index contributed by atoms with van der Waals surface area (Å²) in [4.78, 5) is 65.5. The maximum absolute atomic E-state index is 14.2. The van der Waals surface area contributed by atoms with Crippen LogP contribution in [0.4, 0.5) is 4.79 Å². The van der Waals surface area contributed by atoms with Crippen LogP contribution in [0.3, 0.4) is 0 Å². The lowest BCUT2D eigenvalue weighted by Gasteiger charge is -2.48. The third-order valence-corrected chi connectivity index (χ3v) is 16.3. The Morgan fingerprint density at radius 1 is 0.943 bits per heavy atom. The molecule has 0 unspecified atom stereocenters. The van der Waals surface area contributed by atoms with Gasteiger partial charge in [-0.15, -0.1) is 0 Å². The molecule has 3 fully saturated rings. The van der Waals surface area contributed by atoms with Gasteiger partial charge in [0.25, 0.3) is 0 Å². The molecule has 3 aliphatic rings. The lowest BCUT2D eigenvalue weighted by atomic mass is 9.75. The van der Waals surface area contributed by atoms with Crippen LogP contribution in [0, 0.1) is 23.7 Å². The fourth-order valence-corrected chi connectivity index (χ4v) is 11.7. The standard InChI is InChI=1S/C50H77N3O16S/c1-14-38-50(9)43(68-47(59)69-50)31(4)40(54)29(2)25-48(7,62-12)26-30(3)42(32(5)46(58)66-38)67-39-27-49(8,63-13)44(33(6)65-39)64-21-23-70(60,61)22-20-51-19-15-16-34-17-18-37-35(24-34)41(55)36(45(56)57)28-53(37)52(10)11/h17-18,24,28-33,38-39,42-44,51H,14-16,19-23,25-27H2,1-13H3,(H,56,57)/t29-,30-,31-,32-,33+,38-,39+,42+,43-,44+,48-,49-,50-/m1/s1. The van der Waals surface area contributed by atoms with Gasteiger partial charge in [-0.05, 0) is 96.9 Å². The average molecular weight is 1010 g/mol. The minimum absolute atomic E-state index is 0.108. The number of benzene rings is 1. The summed E-state index contributed by atoms with van der Waals surface area (Å²) in [5.41, 5.74) is -2.68. The van der Waals surface area contributed by atoms with Gasteiger partial charge in [-0.25, -0.2) is 18.0 Å². The molecule has 20 heteroatoms. The fourth-order valence-electron chi connectivity index (χ4n) is 10.7. The number of carboxylic acids is 1. The van der Waals surface area contributed by atoms with Crippen molar-refractivity contribution in [2.24, 2.45) is 23.7 Å². The number of carbonyl (C=O) groups is 4. The molecule has 3 saturated heterocycles. The van der Waals surface area contributed by atoms with Crippen LogP contribution in [-0.2, 0) is 63.7 Å². The number of nitrogens with one attached hydrogen (secondary N) is 1. The van der Waals surface area contributed by atoms with Crippen LogP contribution in [-0.4, -0.2) is 155 Å². The highest BCUT2D eigenvalue weighted by Crippen LogP contribution is 2.42. The van der Waals surface area contributed by atoms with Gasteiger partial charge in [-0.1, -0.05) is 33.8 Å². The van der Waals surface area contributed by atoms with Gasteiger partial charge >= 0.3 is 18.1 Å². The minimum Gasteiger partial charge on any atom is -0.477 e. The summed E-state index contributed by atoms with van der Waals surface area (Å²) in [5, 5.41) is 14.8. The van der Waals surface area contributed by atoms with Crippen LogP contribution in [0.2, 0.25) is 0 Å². The maximum Gasteiger partial charge on any atom is 0.509 e. The summed E-state index contributed by atoms with van der Waals surface area (Å²) >= 11 is 0. The van der Waals surface area contributed by atoms with E-state index in [9.17, 15) is 37.5 Å². The van der Waals surface area contributed by atoms with Crippen molar-refractivity contribution in [1.82, 2.24) is 9.99 Å². The lowest BCUT2D eigenvalue weighted by molar-refractivity contribution is -0.302. The molecule has 0 saturated carbocycles. The van der Waals surface area contributed by atoms with Gasteiger partial charge in [0.15, 0.2) is 27.8 Å². The lowest BCUT2D eigenvalue weighted by Crippen LogP contribution is -2.58. The molecular formula is C50H77N3O16S. The molecule has 1 aromatic heterocycles. The molecule has 0 radical (unpaired) electrons. The second-order valence-corrected chi connectivity index (χ2v) is 22.7. The molecule has 0 aliphatic carbocycles. The van der Waals surface area contributed by atoms with Crippen LogP contribution in [0.25, 0.3) is 10.9 Å². The number of aromatic carboxylic acids is 1. The molecular weight excluding hydrogens is 931 g/mol. The topological polar surface area (TPSA) is 234 Å². The van der Waals surface area contributed by atoms with Crippen molar-refractivity contribution in [2.75, 3.05) is 64.5 Å². The number of hydrogen-bond acceptors (Lipinski definition) is 17. The van der Waals surface area contributed by atoms with E-state index in [-0.39, 0.29) is 54.8 Å². The molecule has 0 bridgehead atoms. The molecule has 19 nitrogen and oxygen atoms in total. The minimum atomic E-state index is -3.53. The number of sulfone groups is 1. The second-order valence-electron chi connectivity index (χ2n) is 20.4. The Labute approximate surface area is 412 Å². The van der Waals surface area contributed by atoms with E-state index >= 15 is 0 Å². The molecule has 13 atom stereocenters. The molecule has 2 N–H and O–H groups in total. The van der Waals surface area contributed by atoms with E-state index in [1.807, 2.05) is 33.8 Å². The summed E-state index contributed by atoms with van der Waals surface area (Å²) < 4.78 is 77.0. The number of pyridine rings is 1. The Bertz CT molecular complexity index is 2360. The van der Waals surface area contributed by atoms with Gasteiger partial charge in [-0.2, -0.15) is 0 Å². The van der Waals surface area contributed by atoms with Crippen LogP contribution in [0.5, 0.6) is 0 Å². The summed E-state index contributed by atoms with van der Waals surface area (Å²) in [7, 11) is 3.11. The Balaban J connectivity index is 1.19. The number of aromatic nitrogens is 1. The van der Waals surface area contributed by atoms with Crippen molar-refractivity contribution in [2.45, 2.75) is 154 Å². The Hall–Kier alpha value is -4.18. The van der Waals surface area contributed by atoms with E-state index in [0.29, 0.717) is 43.1 Å². The highest BCUT2D eigenvalue weighted by Gasteiger charge is 2.58. The number of carbonyl (C=O) groups excluding carboxylic acids is 3. The Morgan fingerprint density at radius 3 is 2.27 bits per heavy atom. The van der Waals surface area contributed by atoms with Crippen LogP contribution >= 0.6 is 0 Å². The van der Waals surface area contributed by atoms with Gasteiger partial charge in [-0.3, -0.25) is 19.1 Å². The molecule has 2 aromatic rings.